The summed E-state index contributed by atoms with van der Waals surface area (Å²) in [6.45, 7) is 1.63. The quantitative estimate of drug-likeness (QED) is 0.863. The maximum Gasteiger partial charge on any atom is 0.310 e. The van der Waals surface area contributed by atoms with E-state index in [9.17, 15) is 4.79 Å². The fourth-order valence-corrected chi connectivity index (χ4v) is 1.96. The van der Waals surface area contributed by atoms with Gasteiger partial charge in [-0.3, -0.25) is 4.79 Å². The van der Waals surface area contributed by atoms with Crippen molar-refractivity contribution in [3.8, 4) is 0 Å². The molecule has 0 radical (unpaired) electrons. The van der Waals surface area contributed by atoms with Crippen LogP contribution >= 0.6 is 23.2 Å². The molecule has 1 aromatic heterocycles. The molecule has 0 aliphatic heterocycles. The van der Waals surface area contributed by atoms with Crippen LogP contribution in [0.15, 0.2) is 18.3 Å². The summed E-state index contributed by atoms with van der Waals surface area (Å²) in [5.41, 5.74) is 1.50. The van der Waals surface area contributed by atoms with E-state index in [1.54, 1.807) is 25.3 Å². The van der Waals surface area contributed by atoms with Crippen LogP contribution in [0.1, 0.15) is 18.4 Å². The van der Waals surface area contributed by atoms with Crippen LogP contribution in [0.5, 0.6) is 0 Å². The average Bonchev–Trinajstić information content (AvgIpc) is 2.60. The van der Waals surface area contributed by atoms with Crippen LogP contribution < -0.4 is 0 Å². The van der Waals surface area contributed by atoms with Crippen LogP contribution in [0.25, 0.3) is 10.9 Å². The Morgan fingerprint density at radius 1 is 1.38 bits per heavy atom. The van der Waals surface area contributed by atoms with Gasteiger partial charge >= 0.3 is 5.97 Å². The standard InChI is InChI=1S/C11H9Cl2NO2/c1-5(11(15)16)7-4-14-10-3-9(13)8(12)2-6(7)10/h2-5,14H,1H3,(H,15,16)/t5-/m1/s1. The Morgan fingerprint density at radius 2 is 2.00 bits per heavy atom. The van der Waals surface area contributed by atoms with E-state index in [0.717, 1.165) is 10.9 Å². The highest BCUT2D eigenvalue weighted by molar-refractivity contribution is 6.42. The van der Waals surface area contributed by atoms with Crippen LogP contribution in [0.4, 0.5) is 0 Å². The van der Waals surface area contributed by atoms with Gasteiger partial charge in [-0.25, -0.2) is 0 Å². The monoisotopic (exact) mass is 257 g/mol. The lowest BCUT2D eigenvalue weighted by Crippen LogP contribution is -2.06. The number of hydrogen-bond donors (Lipinski definition) is 2. The van der Waals surface area contributed by atoms with Gasteiger partial charge in [0.1, 0.15) is 0 Å². The highest BCUT2D eigenvalue weighted by Crippen LogP contribution is 2.32. The van der Waals surface area contributed by atoms with Crippen LogP contribution in [0, 0.1) is 0 Å². The van der Waals surface area contributed by atoms with Gasteiger partial charge in [0.05, 0.1) is 16.0 Å². The van der Waals surface area contributed by atoms with Crippen molar-refractivity contribution in [2.45, 2.75) is 12.8 Å². The second-order valence-electron chi connectivity index (χ2n) is 3.62. The molecule has 0 unspecified atom stereocenters. The summed E-state index contributed by atoms with van der Waals surface area (Å²) in [6, 6.07) is 3.38. The first-order chi connectivity index (χ1) is 7.50. The summed E-state index contributed by atoms with van der Waals surface area (Å²) < 4.78 is 0. The third kappa shape index (κ3) is 1.77. The number of carboxylic acid groups (broad SMARTS) is 1. The number of aromatic amines is 1. The minimum absolute atomic E-state index is 0.424. The highest BCUT2D eigenvalue weighted by Gasteiger charge is 2.18. The molecular weight excluding hydrogens is 249 g/mol. The van der Waals surface area contributed by atoms with Gasteiger partial charge in [0.2, 0.25) is 0 Å². The largest absolute Gasteiger partial charge is 0.481 e. The van der Waals surface area contributed by atoms with Crippen LogP contribution in [-0.2, 0) is 4.79 Å². The van der Waals surface area contributed by atoms with Gasteiger partial charge < -0.3 is 10.1 Å². The van der Waals surface area contributed by atoms with Gasteiger partial charge in [0.15, 0.2) is 0 Å². The zero-order chi connectivity index (χ0) is 11.9. The van der Waals surface area contributed by atoms with Crippen LogP contribution in [0.2, 0.25) is 10.0 Å². The van der Waals surface area contributed by atoms with Gasteiger partial charge in [-0.05, 0) is 24.6 Å². The number of halogens is 2. The molecule has 3 nitrogen and oxygen atoms in total. The third-order valence-electron chi connectivity index (χ3n) is 2.59. The molecule has 0 saturated heterocycles. The maximum atomic E-state index is 10.9. The molecule has 1 aromatic carbocycles. The average molecular weight is 258 g/mol. The van der Waals surface area contributed by atoms with Crippen LogP contribution in [0.3, 0.4) is 0 Å². The number of fused-ring (bicyclic) bond motifs is 1. The van der Waals surface area contributed by atoms with Crippen molar-refractivity contribution in [3.05, 3.63) is 33.9 Å². The van der Waals surface area contributed by atoms with E-state index in [0.29, 0.717) is 15.6 Å². The predicted octanol–water partition coefficient (Wildman–Crippen LogP) is 3.66. The van der Waals surface area contributed by atoms with E-state index in [1.807, 2.05) is 0 Å². The third-order valence-corrected chi connectivity index (χ3v) is 3.31. The first-order valence-electron chi connectivity index (χ1n) is 4.69. The van der Waals surface area contributed by atoms with E-state index < -0.39 is 11.9 Å². The molecule has 5 heteroatoms. The second kappa shape index (κ2) is 4.00. The molecular formula is C11H9Cl2NO2. The van der Waals surface area contributed by atoms with E-state index in [1.165, 1.54) is 0 Å². The molecule has 0 bridgehead atoms. The summed E-state index contributed by atoms with van der Waals surface area (Å²) in [6.07, 6.45) is 1.68. The molecule has 0 aliphatic rings. The first-order valence-corrected chi connectivity index (χ1v) is 5.45. The van der Waals surface area contributed by atoms with E-state index >= 15 is 0 Å². The number of benzene rings is 1. The lowest BCUT2D eigenvalue weighted by atomic mass is 10.0. The topological polar surface area (TPSA) is 53.1 Å². The van der Waals surface area contributed by atoms with Gasteiger partial charge in [0, 0.05) is 17.1 Å². The molecule has 16 heavy (non-hydrogen) atoms. The summed E-state index contributed by atoms with van der Waals surface area (Å²) in [5.74, 6) is -1.45. The molecule has 0 fully saturated rings. The maximum absolute atomic E-state index is 10.9. The molecule has 0 spiro atoms. The fourth-order valence-electron chi connectivity index (χ4n) is 1.63. The number of aliphatic carboxylic acids is 1. The summed E-state index contributed by atoms with van der Waals surface area (Å²) >= 11 is 11.8. The number of rotatable bonds is 2. The van der Waals surface area contributed by atoms with Crippen LogP contribution in [-0.4, -0.2) is 16.1 Å². The lowest BCUT2D eigenvalue weighted by Gasteiger charge is -2.04. The molecule has 84 valence electrons. The Hall–Kier alpha value is -1.19. The zero-order valence-electron chi connectivity index (χ0n) is 8.42. The van der Waals surface area contributed by atoms with Gasteiger partial charge in [-0.1, -0.05) is 23.2 Å². The van der Waals surface area contributed by atoms with Crippen molar-refractivity contribution >= 4 is 40.1 Å². The second-order valence-corrected chi connectivity index (χ2v) is 4.43. The van der Waals surface area contributed by atoms with Crippen molar-refractivity contribution in [2.75, 3.05) is 0 Å². The Bertz CT molecular complexity index is 562. The lowest BCUT2D eigenvalue weighted by molar-refractivity contribution is -0.138. The normalized spacial score (nSPS) is 12.9. The van der Waals surface area contributed by atoms with Crippen molar-refractivity contribution in [2.24, 2.45) is 0 Å². The molecule has 1 heterocycles. The van der Waals surface area contributed by atoms with E-state index in [2.05, 4.69) is 4.98 Å². The minimum Gasteiger partial charge on any atom is -0.481 e. The molecule has 0 saturated carbocycles. The van der Waals surface area contributed by atoms with E-state index in [-0.39, 0.29) is 0 Å². The molecule has 2 N–H and O–H groups in total. The smallest absolute Gasteiger partial charge is 0.310 e. The van der Waals surface area contributed by atoms with Crippen molar-refractivity contribution in [3.63, 3.8) is 0 Å². The number of carboxylic acids is 1. The highest BCUT2D eigenvalue weighted by atomic mass is 35.5. The Kier molecular flexibility index (Phi) is 2.82. The van der Waals surface area contributed by atoms with E-state index in [4.69, 9.17) is 28.3 Å². The van der Waals surface area contributed by atoms with Gasteiger partial charge in [0.25, 0.3) is 0 Å². The van der Waals surface area contributed by atoms with Gasteiger partial charge in [-0.15, -0.1) is 0 Å². The number of nitrogens with one attached hydrogen (secondary N) is 1. The van der Waals surface area contributed by atoms with Crippen molar-refractivity contribution < 1.29 is 9.90 Å². The summed E-state index contributed by atoms with van der Waals surface area (Å²) in [4.78, 5) is 13.9. The van der Waals surface area contributed by atoms with Crippen molar-refractivity contribution in [1.82, 2.24) is 4.98 Å². The molecule has 2 rings (SSSR count). The molecule has 1 atom stereocenters. The Morgan fingerprint density at radius 3 is 2.62 bits per heavy atom. The Balaban J connectivity index is 2.65. The fraction of sp³-hybridized carbons (Fsp3) is 0.182. The molecule has 2 aromatic rings. The first kappa shape index (κ1) is 11.3. The molecule has 0 amide bonds. The van der Waals surface area contributed by atoms with Gasteiger partial charge in [-0.2, -0.15) is 0 Å². The van der Waals surface area contributed by atoms with Crippen molar-refractivity contribution in [1.29, 1.82) is 0 Å². The minimum atomic E-state index is -0.869. The number of carbonyl (C=O) groups is 1. The predicted molar refractivity (Wildman–Crippen MR) is 64.4 cm³/mol. The number of H-pyrrole nitrogens is 1. The summed E-state index contributed by atoms with van der Waals surface area (Å²) in [7, 11) is 0. The molecule has 0 aliphatic carbocycles. The summed E-state index contributed by atoms with van der Waals surface area (Å²) in [5, 5.41) is 10.6. The zero-order valence-corrected chi connectivity index (χ0v) is 9.93. The number of aromatic nitrogens is 1. The Labute approximate surface area is 102 Å². The number of hydrogen-bond acceptors (Lipinski definition) is 1. The SMILES string of the molecule is C[C@@H](C(=O)O)c1c[nH]c2cc(Cl)c(Cl)cc12.